The fourth-order valence-electron chi connectivity index (χ4n) is 0.662. The van der Waals surface area contributed by atoms with Gasteiger partial charge in [-0.2, -0.15) is 0 Å². The summed E-state index contributed by atoms with van der Waals surface area (Å²) in [6, 6.07) is 1.89. The van der Waals surface area contributed by atoms with E-state index >= 15 is 0 Å². The van der Waals surface area contributed by atoms with Crippen LogP contribution in [0.25, 0.3) is 10.2 Å². The maximum atomic E-state index is 4.02. The van der Waals surface area contributed by atoms with Crippen molar-refractivity contribution < 1.29 is 0 Å². The van der Waals surface area contributed by atoms with E-state index in [1.165, 1.54) is 11.3 Å². The highest BCUT2D eigenvalue weighted by Gasteiger charge is 1.91. The van der Waals surface area contributed by atoms with Gasteiger partial charge in [-0.15, -0.1) is 11.3 Å². The second-order valence-electron chi connectivity index (χ2n) is 1.65. The lowest BCUT2D eigenvalue weighted by molar-refractivity contribution is 1.23. The Morgan fingerprint density at radius 2 is 2.56 bits per heavy atom. The molecule has 0 aromatic carbocycles. The van der Waals surface area contributed by atoms with Gasteiger partial charge in [-0.3, -0.25) is 0 Å². The lowest BCUT2D eigenvalue weighted by Crippen LogP contribution is -1.71. The summed E-state index contributed by atoms with van der Waals surface area (Å²) in [7, 11) is 0. The average molecular weight is 135 g/mol. The quantitative estimate of drug-likeness (QED) is 0.547. The molecule has 1 radical (unpaired) electrons. The Morgan fingerprint density at radius 3 is 3.44 bits per heavy atom. The lowest BCUT2D eigenvalue weighted by Gasteiger charge is -1.80. The van der Waals surface area contributed by atoms with Crippen LogP contribution >= 0.6 is 11.3 Å². The van der Waals surface area contributed by atoms with Gasteiger partial charge in [-0.05, 0) is 6.07 Å². The number of nitrogens with zero attached hydrogens (tertiary/aromatic N) is 2. The summed E-state index contributed by atoms with van der Waals surface area (Å²) >= 11 is 1.51. The van der Waals surface area contributed by atoms with Crippen LogP contribution in [0.1, 0.15) is 0 Å². The van der Waals surface area contributed by atoms with Crippen LogP contribution in [0.4, 0.5) is 0 Å². The van der Waals surface area contributed by atoms with Crippen LogP contribution in [0.2, 0.25) is 0 Å². The summed E-state index contributed by atoms with van der Waals surface area (Å²) in [5.74, 6) is 0. The molecule has 0 saturated heterocycles. The summed E-state index contributed by atoms with van der Waals surface area (Å²) in [5, 5.41) is 4.05. The Balaban J connectivity index is 2.95. The van der Waals surface area contributed by atoms with E-state index in [1.807, 2.05) is 6.07 Å². The van der Waals surface area contributed by atoms with E-state index in [-0.39, 0.29) is 0 Å². The molecule has 0 spiro atoms. The number of hydrogen-bond acceptors (Lipinski definition) is 3. The van der Waals surface area contributed by atoms with Crippen LogP contribution in [0.5, 0.6) is 0 Å². The van der Waals surface area contributed by atoms with Crippen LogP contribution in [-0.4, -0.2) is 9.97 Å². The molecule has 2 aromatic rings. The van der Waals surface area contributed by atoms with Gasteiger partial charge in [0.25, 0.3) is 0 Å². The molecule has 2 rings (SSSR count). The summed E-state index contributed by atoms with van der Waals surface area (Å²) < 4.78 is 0. The van der Waals surface area contributed by atoms with Crippen molar-refractivity contribution in [2.24, 2.45) is 0 Å². The molecule has 0 amide bonds. The molecule has 0 aliphatic carbocycles. The van der Waals surface area contributed by atoms with E-state index in [0.29, 0.717) is 0 Å². The first kappa shape index (κ1) is 4.88. The second kappa shape index (κ2) is 1.77. The highest BCUT2D eigenvalue weighted by Crippen LogP contribution is 2.14. The number of aromatic nitrogens is 2. The minimum Gasteiger partial charge on any atom is -0.244 e. The van der Waals surface area contributed by atoms with Gasteiger partial charge in [0.2, 0.25) is 0 Å². The molecule has 43 valence electrons. The van der Waals surface area contributed by atoms with Crippen LogP contribution in [0, 0.1) is 5.38 Å². The van der Waals surface area contributed by atoms with Crippen molar-refractivity contribution in [3.05, 3.63) is 24.0 Å². The fourth-order valence-corrected chi connectivity index (χ4v) is 1.29. The SMILES string of the molecule is [c]1cc2cncnc2s1. The molecule has 3 heteroatoms. The molecule has 0 fully saturated rings. The summed E-state index contributed by atoms with van der Waals surface area (Å²) in [6.45, 7) is 0. The third-order valence-electron chi connectivity index (χ3n) is 1.07. The van der Waals surface area contributed by atoms with Gasteiger partial charge in [-0.25, -0.2) is 9.97 Å². The predicted octanol–water partition coefficient (Wildman–Crippen LogP) is 1.49. The van der Waals surface area contributed by atoms with Crippen LogP contribution in [0.3, 0.4) is 0 Å². The number of thiophene rings is 1. The Bertz CT molecular complexity index is 285. The molecule has 2 heterocycles. The largest absolute Gasteiger partial charge is 0.244 e. The summed E-state index contributed by atoms with van der Waals surface area (Å²) in [6.07, 6.45) is 3.34. The Labute approximate surface area is 56.2 Å². The average Bonchev–Trinajstić information content (AvgIpc) is 2.33. The Morgan fingerprint density at radius 1 is 1.56 bits per heavy atom. The van der Waals surface area contributed by atoms with Gasteiger partial charge >= 0.3 is 0 Å². The predicted molar refractivity (Wildman–Crippen MR) is 36.3 cm³/mol. The maximum absolute atomic E-state index is 4.02. The Kier molecular flexibility index (Phi) is 0.960. The molecule has 0 N–H and O–H groups in total. The highest BCUT2D eigenvalue weighted by molar-refractivity contribution is 7.16. The zero-order chi connectivity index (χ0) is 6.10. The topological polar surface area (TPSA) is 25.8 Å². The molecule has 0 atom stereocenters. The minimum atomic E-state index is 1.00. The molecule has 0 bridgehead atoms. The molecule has 0 aliphatic rings. The monoisotopic (exact) mass is 135 g/mol. The number of hydrogen-bond donors (Lipinski definition) is 0. The smallest absolute Gasteiger partial charge is 0.127 e. The Hall–Kier alpha value is -0.960. The van der Waals surface area contributed by atoms with Gasteiger partial charge in [0, 0.05) is 17.0 Å². The van der Waals surface area contributed by atoms with Gasteiger partial charge in [-0.1, -0.05) is 0 Å². The summed E-state index contributed by atoms with van der Waals surface area (Å²) in [5.41, 5.74) is 0. The van der Waals surface area contributed by atoms with Gasteiger partial charge in [0.1, 0.15) is 11.2 Å². The molecule has 0 unspecified atom stereocenters. The van der Waals surface area contributed by atoms with Crippen LogP contribution < -0.4 is 0 Å². The van der Waals surface area contributed by atoms with Crippen LogP contribution in [-0.2, 0) is 0 Å². The molecule has 9 heavy (non-hydrogen) atoms. The number of fused-ring (bicyclic) bond motifs is 1. The normalized spacial score (nSPS) is 10.2. The van der Waals surface area contributed by atoms with E-state index < -0.39 is 0 Å². The third-order valence-corrected chi connectivity index (χ3v) is 1.84. The fraction of sp³-hybridized carbons (Fsp3) is 0. The molecule has 0 aliphatic heterocycles. The lowest BCUT2D eigenvalue weighted by atomic mass is 10.4. The molecule has 2 aromatic heterocycles. The van der Waals surface area contributed by atoms with Gasteiger partial charge in [0.15, 0.2) is 0 Å². The zero-order valence-corrected chi connectivity index (χ0v) is 5.35. The maximum Gasteiger partial charge on any atom is 0.127 e. The first-order valence-electron chi connectivity index (χ1n) is 2.52. The van der Waals surface area contributed by atoms with Crippen molar-refractivity contribution in [1.29, 1.82) is 0 Å². The van der Waals surface area contributed by atoms with Crippen LogP contribution in [0.15, 0.2) is 18.6 Å². The number of rotatable bonds is 0. The summed E-state index contributed by atoms with van der Waals surface area (Å²) in [4.78, 5) is 8.88. The minimum absolute atomic E-state index is 1.00. The molecule has 2 nitrogen and oxygen atoms in total. The molecular formula is C6H3N2S. The van der Waals surface area contributed by atoms with E-state index in [0.717, 1.165) is 10.2 Å². The first-order valence-corrected chi connectivity index (χ1v) is 3.34. The van der Waals surface area contributed by atoms with Crippen molar-refractivity contribution >= 4 is 21.6 Å². The van der Waals surface area contributed by atoms with Crippen molar-refractivity contribution in [1.82, 2.24) is 9.97 Å². The van der Waals surface area contributed by atoms with Crippen molar-refractivity contribution in [3.8, 4) is 0 Å². The van der Waals surface area contributed by atoms with Crippen molar-refractivity contribution in [2.45, 2.75) is 0 Å². The van der Waals surface area contributed by atoms with E-state index in [1.54, 1.807) is 12.5 Å². The van der Waals surface area contributed by atoms with E-state index in [9.17, 15) is 0 Å². The molecular weight excluding hydrogens is 132 g/mol. The highest BCUT2D eigenvalue weighted by atomic mass is 32.1. The van der Waals surface area contributed by atoms with E-state index in [2.05, 4.69) is 15.3 Å². The second-order valence-corrected chi connectivity index (χ2v) is 2.47. The standard InChI is InChI=1S/C6H3N2S/c1-2-9-6-5(1)3-7-4-8-6/h1,3-4H. The third kappa shape index (κ3) is 0.695. The zero-order valence-electron chi connectivity index (χ0n) is 4.53. The van der Waals surface area contributed by atoms with Crippen molar-refractivity contribution in [3.63, 3.8) is 0 Å². The van der Waals surface area contributed by atoms with Gasteiger partial charge < -0.3 is 0 Å². The van der Waals surface area contributed by atoms with Crippen molar-refractivity contribution in [2.75, 3.05) is 0 Å². The van der Waals surface area contributed by atoms with E-state index in [4.69, 9.17) is 0 Å². The first-order chi connectivity index (χ1) is 4.47. The van der Waals surface area contributed by atoms with Gasteiger partial charge in [0.05, 0.1) is 0 Å². The molecule has 0 saturated carbocycles.